The highest BCUT2D eigenvalue weighted by atomic mass is 16.6. The van der Waals surface area contributed by atoms with Crippen LogP contribution in [0, 0.1) is 10.1 Å². The molecule has 104 valence electrons. The Morgan fingerprint density at radius 1 is 1.47 bits per heavy atom. The van der Waals surface area contributed by atoms with Gasteiger partial charge in [0.05, 0.1) is 11.6 Å². The molecule has 8 heteroatoms. The lowest BCUT2D eigenvalue weighted by Gasteiger charge is -2.15. The number of amides is 1. The number of primary amides is 1. The van der Waals surface area contributed by atoms with Crippen molar-refractivity contribution in [2.45, 2.75) is 32.9 Å². The summed E-state index contributed by atoms with van der Waals surface area (Å²) in [5.74, 6) is -0.860. The highest BCUT2D eigenvalue weighted by Gasteiger charge is 2.30. The number of nitrogens with zero attached hydrogens (tertiary/aromatic N) is 4. The van der Waals surface area contributed by atoms with E-state index in [1.807, 2.05) is 0 Å². The highest BCUT2D eigenvalue weighted by Crippen LogP contribution is 2.24. The molecular formula is C11H17N5O3. The molecule has 0 aliphatic carbocycles. The third kappa shape index (κ3) is 2.58. The first-order valence-corrected chi connectivity index (χ1v) is 6.30. The summed E-state index contributed by atoms with van der Waals surface area (Å²) in [6.07, 6.45) is 2.67. The monoisotopic (exact) mass is 267 g/mol. The number of likely N-dealkylation sites (tertiary alicyclic amines) is 1. The van der Waals surface area contributed by atoms with Gasteiger partial charge in [0, 0.05) is 0 Å². The topological polar surface area (TPSA) is 107 Å². The molecule has 0 aromatic carbocycles. The average Bonchev–Trinajstić information content (AvgIpc) is 2.96. The molecule has 1 aliphatic rings. The molecule has 1 aliphatic heterocycles. The molecule has 8 nitrogen and oxygen atoms in total. The molecule has 1 fully saturated rings. The molecule has 1 aromatic heterocycles. The Hall–Kier alpha value is -1.96. The van der Waals surface area contributed by atoms with E-state index in [0.717, 1.165) is 25.9 Å². The summed E-state index contributed by atoms with van der Waals surface area (Å²) in [6, 6.07) is 0. The number of nitro groups is 1. The first-order chi connectivity index (χ1) is 9.04. The molecule has 0 unspecified atom stereocenters. The molecule has 2 N–H and O–H groups in total. The van der Waals surface area contributed by atoms with E-state index in [2.05, 4.69) is 10.00 Å². The van der Waals surface area contributed by atoms with Crippen LogP contribution in [0.15, 0.2) is 0 Å². The van der Waals surface area contributed by atoms with Gasteiger partial charge in [-0.3, -0.25) is 19.8 Å². The highest BCUT2D eigenvalue weighted by molar-refractivity contribution is 5.95. The molecule has 0 radical (unpaired) electrons. The Morgan fingerprint density at radius 2 is 2.11 bits per heavy atom. The SMILES string of the molecule is CCc1c([N+](=O)[O-])c(C(N)=O)nn1CN1CCCC1. The van der Waals surface area contributed by atoms with Crippen molar-refractivity contribution in [2.75, 3.05) is 13.1 Å². The van der Waals surface area contributed by atoms with Crippen LogP contribution in [0.1, 0.15) is 35.9 Å². The quantitative estimate of drug-likeness (QED) is 0.617. The second-order valence-corrected chi connectivity index (χ2v) is 4.58. The summed E-state index contributed by atoms with van der Waals surface area (Å²) >= 11 is 0. The van der Waals surface area contributed by atoms with E-state index in [1.54, 1.807) is 6.92 Å². The summed E-state index contributed by atoms with van der Waals surface area (Å²) in [5, 5.41) is 15.1. The van der Waals surface area contributed by atoms with Crippen molar-refractivity contribution in [3.8, 4) is 0 Å². The number of hydrogen-bond acceptors (Lipinski definition) is 5. The second-order valence-electron chi connectivity index (χ2n) is 4.58. The first kappa shape index (κ1) is 13.5. The smallest absolute Gasteiger partial charge is 0.323 e. The fourth-order valence-corrected chi connectivity index (χ4v) is 2.43. The number of aromatic nitrogens is 2. The van der Waals surface area contributed by atoms with Gasteiger partial charge in [-0.25, -0.2) is 4.68 Å². The van der Waals surface area contributed by atoms with E-state index in [0.29, 0.717) is 18.8 Å². The van der Waals surface area contributed by atoms with Gasteiger partial charge in [0.25, 0.3) is 5.91 Å². The number of nitrogens with two attached hydrogens (primary N) is 1. The van der Waals surface area contributed by atoms with Crippen LogP contribution in [0.5, 0.6) is 0 Å². The zero-order valence-corrected chi connectivity index (χ0v) is 10.8. The predicted octanol–water partition coefficient (Wildman–Crippen LogP) is 0.506. The van der Waals surface area contributed by atoms with Crippen molar-refractivity contribution in [2.24, 2.45) is 5.73 Å². The van der Waals surface area contributed by atoms with Crippen LogP contribution < -0.4 is 5.73 Å². The van der Waals surface area contributed by atoms with E-state index in [1.165, 1.54) is 4.68 Å². The fraction of sp³-hybridized carbons (Fsp3) is 0.636. The Labute approximate surface area is 110 Å². The maximum Gasteiger partial charge on any atom is 0.323 e. The number of carbonyl (C=O) groups is 1. The van der Waals surface area contributed by atoms with Crippen molar-refractivity contribution in [1.82, 2.24) is 14.7 Å². The summed E-state index contributed by atoms with van der Waals surface area (Å²) in [7, 11) is 0. The van der Waals surface area contributed by atoms with Gasteiger partial charge >= 0.3 is 5.69 Å². The summed E-state index contributed by atoms with van der Waals surface area (Å²) in [6.45, 7) is 4.16. The van der Waals surface area contributed by atoms with Crippen LogP contribution >= 0.6 is 0 Å². The lowest BCUT2D eigenvalue weighted by Crippen LogP contribution is -2.25. The van der Waals surface area contributed by atoms with Crippen LogP contribution in [-0.2, 0) is 13.1 Å². The Kier molecular flexibility index (Phi) is 3.79. The lowest BCUT2D eigenvalue weighted by molar-refractivity contribution is -0.385. The van der Waals surface area contributed by atoms with Gasteiger partial charge in [-0.05, 0) is 32.4 Å². The Morgan fingerprint density at radius 3 is 2.58 bits per heavy atom. The zero-order valence-electron chi connectivity index (χ0n) is 10.8. The minimum absolute atomic E-state index is 0.249. The largest absolute Gasteiger partial charge is 0.364 e. The summed E-state index contributed by atoms with van der Waals surface area (Å²) in [5.41, 5.74) is 5.11. The zero-order chi connectivity index (χ0) is 14.0. The molecule has 0 spiro atoms. The maximum atomic E-state index is 11.3. The van der Waals surface area contributed by atoms with Crippen LogP contribution in [0.4, 0.5) is 5.69 Å². The predicted molar refractivity (Wildman–Crippen MR) is 67.6 cm³/mol. The second kappa shape index (κ2) is 5.35. The van der Waals surface area contributed by atoms with Crippen LogP contribution in [0.2, 0.25) is 0 Å². The van der Waals surface area contributed by atoms with Crippen LogP contribution in [-0.4, -0.2) is 38.6 Å². The first-order valence-electron chi connectivity index (χ1n) is 6.30. The van der Waals surface area contributed by atoms with E-state index < -0.39 is 10.8 Å². The molecule has 0 atom stereocenters. The van der Waals surface area contributed by atoms with Gasteiger partial charge in [0.2, 0.25) is 5.69 Å². The Balaban J connectivity index is 2.39. The molecular weight excluding hydrogens is 250 g/mol. The van der Waals surface area contributed by atoms with Crippen molar-refractivity contribution in [3.05, 3.63) is 21.5 Å². The van der Waals surface area contributed by atoms with Crippen LogP contribution in [0.25, 0.3) is 0 Å². The number of carbonyl (C=O) groups excluding carboxylic acids is 1. The van der Waals surface area contributed by atoms with E-state index in [-0.39, 0.29) is 11.4 Å². The molecule has 0 saturated carbocycles. The minimum Gasteiger partial charge on any atom is -0.364 e. The minimum atomic E-state index is -0.860. The standard InChI is InChI=1S/C11H17N5O3/c1-2-8-10(16(18)19)9(11(12)17)13-15(8)7-14-5-3-4-6-14/h2-7H2,1H3,(H2,12,17). The van der Waals surface area contributed by atoms with Crippen molar-refractivity contribution < 1.29 is 9.72 Å². The van der Waals surface area contributed by atoms with Crippen molar-refractivity contribution in [3.63, 3.8) is 0 Å². The summed E-state index contributed by atoms with van der Waals surface area (Å²) < 4.78 is 1.53. The van der Waals surface area contributed by atoms with Crippen molar-refractivity contribution >= 4 is 11.6 Å². The number of hydrogen-bond donors (Lipinski definition) is 1. The molecule has 19 heavy (non-hydrogen) atoms. The molecule has 0 bridgehead atoms. The van der Waals surface area contributed by atoms with Gasteiger partial charge in [0.15, 0.2) is 0 Å². The van der Waals surface area contributed by atoms with Crippen molar-refractivity contribution in [1.29, 1.82) is 0 Å². The van der Waals surface area contributed by atoms with Gasteiger partial charge in [-0.1, -0.05) is 6.92 Å². The van der Waals surface area contributed by atoms with Crippen LogP contribution in [0.3, 0.4) is 0 Å². The molecule has 2 rings (SSSR count). The van der Waals surface area contributed by atoms with E-state index >= 15 is 0 Å². The van der Waals surface area contributed by atoms with Gasteiger partial charge in [-0.2, -0.15) is 5.10 Å². The molecule has 2 heterocycles. The van der Waals surface area contributed by atoms with Gasteiger partial charge < -0.3 is 5.73 Å². The lowest BCUT2D eigenvalue weighted by atomic mass is 10.2. The molecule has 1 aromatic rings. The molecule has 1 amide bonds. The molecule has 1 saturated heterocycles. The average molecular weight is 267 g/mol. The van der Waals surface area contributed by atoms with Gasteiger partial charge in [-0.15, -0.1) is 0 Å². The fourth-order valence-electron chi connectivity index (χ4n) is 2.43. The third-order valence-corrected chi connectivity index (χ3v) is 3.31. The summed E-state index contributed by atoms with van der Waals surface area (Å²) in [4.78, 5) is 23.9. The third-order valence-electron chi connectivity index (χ3n) is 3.31. The number of rotatable bonds is 5. The van der Waals surface area contributed by atoms with E-state index in [9.17, 15) is 14.9 Å². The maximum absolute atomic E-state index is 11.3. The Bertz CT molecular complexity index is 505. The normalized spacial score (nSPS) is 15.8. The van der Waals surface area contributed by atoms with Gasteiger partial charge in [0.1, 0.15) is 5.69 Å². The van der Waals surface area contributed by atoms with E-state index in [4.69, 9.17) is 5.73 Å².